The molecule has 0 unspecified atom stereocenters. The number of nitrogens with one attached hydrogen (secondary N) is 2. The summed E-state index contributed by atoms with van der Waals surface area (Å²) in [5, 5.41) is 10.2. The number of hydrogen-bond donors (Lipinski definition) is 2. The van der Waals surface area contributed by atoms with E-state index in [1.807, 2.05) is 14.0 Å². The molecule has 0 atom stereocenters. The van der Waals surface area contributed by atoms with Crippen LogP contribution in [0.15, 0.2) is 0 Å². The van der Waals surface area contributed by atoms with Crippen molar-refractivity contribution in [2.75, 3.05) is 20.7 Å². The van der Waals surface area contributed by atoms with E-state index in [0.717, 1.165) is 30.1 Å². The Balaban J connectivity index is 0.00000324. The predicted octanol–water partition coefficient (Wildman–Crippen LogP) is 0.775. The third-order valence-electron chi connectivity index (χ3n) is 2.82. The molecular formula is C12H23ClN4O2. The minimum Gasteiger partial charge on any atom is -0.481 e. The zero-order valence-corrected chi connectivity index (χ0v) is 12.8. The molecule has 0 aliphatic heterocycles. The fraction of sp³-hybridized carbons (Fsp3) is 0.667. The molecule has 110 valence electrons. The summed E-state index contributed by atoms with van der Waals surface area (Å²) in [6.07, 6.45) is 1.37. The molecule has 0 bridgehead atoms. The largest absolute Gasteiger partial charge is 0.481 e. The zero-order chi connectivity index (χ0) is 13.5. The second-order valence-corrected chi connectivity index (χ2v) is 4.15. The maximum absolute atomic E-state index is 11.0. The third-order valence-corrected chi connectivity index (χ3v) is 2.82. The summed E-state index contributed by atoms with van der Waals surface area (Å²) in [6, 6.07) is 0. The Kier molecular flexibility index (Phi) is 8.18. The lowest BCUT2D eigenvalue weighted by Gasteiger charge is -2.06. The number of ether oxygens (including phenoxy) is 1. The molecule has 0 aromatic carbocycles. The molecule has 1 heterocycles. The highest BCUT2D eigenvalue weighted by Crippen LogP contribution is 2.20. The molecule has 1 aromatic heterocycles. The lowest BCUT2D eigenvalue weighted by atomic mass is 10.2. The first kappa shape index (κ1) is 17.7. The Morgan fingerprint density at radius 2 is 2.16 bits per heavy atom. The fourth-order valence-electron chi connectivity index (χ4n) is 1.85. The number of aryl methyl sites for hydroxylation is 2. The van der Waals surface area contributed by atoms with Crippen LogP contribution in [0.2, 0.25) is 0 Å². The van der Waals surface area contributed by atoms with Gasteiger partial charge in [0.2, 0.25) is 11.8 Å². The molecule has 1 amide bonds. The fourth-order valence-corrected chi connectivity index (χ4v) is 1.85. The summed E-state index contributed by atoms with van der Waals surface area (Å²) in [6.45, 7) is 3.46. The summed E-state index contributed by atoms with van der Waals surface area (Å²) in [7, 11) is 5.16. The Bertz CT molecular complexity index is 407. The maximum atomic E-state index is 11.0. The minimum absolute atomic E-state index is 0. The van der Waals surface area contributed by atoms with E-state index in [2.05, 4.69) is 15.7 Å². The van der Waals surface area contributed by atoms with Crippen LogP contribution in [0.5, 0.6) is 5.88 Å². The van der Waals surface area contributed by atoms with Gasteiger partial charge in [-0.3, -0.25) is 4.79 Å². The summed E-state index contributed by atoms with van der Waals surface area (Å²) in [5.74, 6) is 0.859. The molecule has 0 fully saturated rings. The van der Waals surface area contributed by atoms with Crippen molar-refractivity contribution in [1.29, 1.82) is 0 Å². The Morgan fingerprint density at radius 3 is 2.74 bits per heavy atom. The van der Waals surface area contributed by atoms with Crippen LogP contribution in [0, 0.1) is 6.92 Å². The molecule has 7 heteroatoms. The van der Waals surface area contributed by atoms with Gasteiger partial charge in [-0.1, -0.05) is 0 Å². The van der Waals surface area contributed by atoms with Crippen molar-refractivity contribution in [3.05, 3.63) is 11.3 Å². The monoisotopic (exact) mass is 290 g/mol. The quantitative estimate of drug-likeness (QED) is 0.728. The van der Waals surface area contributed by atoms with E-state index in [9.17, 15) is 4.79 Å². The lowest BCUT2D eigenvalue weighted by molar-refractivity contribution is -0.120. The molecule has 6 nitrogen and oxygen atoms in total. The Labute approximate surface area is 120 Å². The van der Waals surface area contributed by atoms with E-state index < -0.39 is 0 Å². The molecule has 0 aliphatic rings. The number of rotatable bonds is 7. The topological polar surface area (TPSA) is 68.2 Å². The van der Waals surface area contributed by atoms with E-state index in [1.54, 1.807) is 18.8 Å². The predicted molar refractivity (Wildman–Crippen MR) is 76.8 cm³/mol. The number of aromatic nitrogens is 2. The van der Waals surface area contributed by atoms with Crippen LogP contribution in [0.4, 0.5) is 0 Å². The average molecular weight is 291 g/mol. The van der Waals surface area contributed by atoms with Crippen molar-refractivity contribution in [3.8, 4) is 5.88 Å². The van der Waals surface area contributed by atoms with Crippen LogP contribution in [0.3, 0.4) is 0 Å². The number of halogens is 1. The van der Waals surface area contributed by atoms with Crippen molar-refractivity contribution in [2.24, 2.45) is 7.05 Å². The molecular weight excluding hydrogens is 268 g/mol. The summed E-state index contributed by atoms with van der Waals surface area (Å²) in [4.78, 5) is 11.0. The van der Waals surface area contributed by atoms with Crippen molar-refractivity contribution in [1.82, 2.24) is 20.4 Å². The van der Waals surface area contributed by atoms with E-state index in [4.69, 9.17) is 4.74 Å². The smallest absolute Gasteiger partial charge is 0.219 e. The van der Waals surface area contributed by atoms with Crippen LogP contribution in [0.1, 0.15) is 24.1 Å². The highest BCUT2D eigenvalue weighted by Gasteiger charge is 2.12. The second kappa shape index (κ2) is 8.77. The van der Waals surface area contributed by atoms with Crippen LogP contribution in [-0.4, -0.2) is 36.4 Å². The van der Waals surface area contributed by atoms with Crippen LogP contribution in [-0.2, 0) is 18.4 Å². The van der Waals surface area contributed by atoms with Gasteiger partial charge in [-0.2, -0.15) is 5.10 Å². The molecule has 0 saturated heterocycles. The highest BCUT2D eigenvalue weighted by molar-refractivity contribution is 5.85. The van der Waals surface area contributed by atoms with Gasteiger partial charge in [0.1, 0.15) is 0 Å². The molecule has 1 rings (SSSR count). The number of amides is 1. The average Bonchev–Trinajstić information content (AvgIpc) is 2.62. The molecule has 0 aliphatic carbocycles. The number of methoxy groups -OCH3 is 1. The van der Waals surface area contributed by atoms with Crippen molar-refractivity contribution >= 4 is 18.3 Å². The van der Waals surface area contributed by atoms with Gasteiger partial charge in [-0.05, 0) is 19.9 Å². The lowest BCUT2D eigenvalue weighted by Crippen LogP contribution is -2.21. The minimum atomic E-state index is 0. The summed E-state index contributed by atoms with van der Waals surface area (Å²) >= 11 is 0. The Morgan fingerprint density at radius 1 is 1.47 bits per heavy atom. The second-order valence-electron chi connectivity index (χ2n) is 4.15. The molecule has 0 saturated carbocycles. The van der Waals surface area contributed by atoms with Crippen molar-refractivity contribution in [3.63, 3.8) is 0 Å². The number of carbonyl (C=O) groups is 1. The molecule has 19 heavy (non-hydrogen) atoms. The number of hydrogen-bond acceptors (Lipinski definition) is 4. The Hall–Kier alpha value is -1.27. The van der Waals surface area contributed by atoms with E-state index in [-0.39, 0.29) is 18.3 Å². The normalized spacial score (nSPS) is 9.89. The standard InChI is InChI=1S/C12H22N4O2.ClH/c1-9-10(12(18-4)16(3)15-9)8-14-7-5-6-11(17)13-2;/h14H,5-8H2,1-4H3,(H,13,17);1H. The van der Waals surface area contributed by atoms with Gasteiger partial charge >= 0.3 is 0 Å². The van der Waals surface area contributed by atoms with Crippen molar-refractivity contribution in [2.45, 2.75) is 26.3 Å². The van der Waals surface area contributed by atoms with Gasteiger partial charge in [-0.15, -0.1) is 12.4 Å². The highest BCUT2D eigenvalue weighted by atomic mass is 35.5. The first-order chi connectivity index (χ1) is 8.60. The van der Waals surface area contributed by atoms with Gasteiger partial charge in [0, 0.05) is 27.1 Å². The molecule has 1 aromatic rings. The third kappa shape index (κ3) is 5.08. The van der Waals surface area contributed by atoms with Crippen LogP contribution in [0.25, 0.3) is 0 Å². The molecule has 0 spiro atoms. The van der Waals surface area contributed by atoms with E-state index >= 15 is 0 Å². The van der Waals surface area contributed by atoms with Crippen molar-refractivity contribution < 1.29 is 9.53 Å². The van der Waals surface area contributed by atoms with E-state index in [0.29, 0.717) is 13.0 Å². The summed E-state index contributed by atoms with van der Waals surface area (Å²) < 4.78 is 7.04. The SMILES string of the molecule is CNC(=O)CCCNCc1c(C)nn(C)c1OC.Cl. The first-order valence-electron chi connectivity index (χ1n) is 6.08. The van der Waals surface area contributed by atoms with Crippen LogP contribution >= 0.6 is 12.4 Å². The van der Waals surface area contributed by atoms with Gasteiger partial charge in [0.05, 0.1) is 18.4 Å². The van der Waals surface area contributed by atoms with Gasteiger partial charge in [-0.25, -0.2) is 4.68 Å². The van der Waals surface area contributed by atoms with Gasteiger partial charge < -0.3 is 15.4 Å². The molecule has 0 radical (unpaired) electrons. The first-order valence-corrected chi connectivity index (χ1v) is 6.08. The summed E-state index contributed by atoms with van der Waals surface area (Å²) in [5.41, 5.74) is 2.04. The molecule has 2 N–H and O–H groups in total. The van der Waals surface area contributed by atoms with E-state index in [1.165, 1.54) is 0 Å². The van der Waals surface area contributed by atoms with Gasteiger partial charge in [0.15, 0.2) is 0 Å². The number of nitrogens with zero attached hydrogens (tertiary/aromatic N) is 2. The zero-order valence-electron chi connectivity index (χ0n) is 11.9. The maximum Gasteiger partial charge on any atom is 0.219 e. The van der Waals surface area contributed by atoms with Crippen LogP contribution < -0.4 is 15.4 Å². The number of carbonyl (C=O) groups excluding carboxylic acids is 1. The van der Waals surface area contributed by atoms with Gasteiger partial charge in [0.25, 0.3) is 0 Å².